The van der Waals surface area contributed by atoms with Crippen LogP contribution in [0.5, 0.6) is 5.75 Å². The van der Waals surface area contributed by atoms with Crippen molar-refractivity contribution in [3.63, 3.8) is 0 Å². The molecule has 1 nitrogen and oxygen atoms in total. The Morgan fingerprint density at radius 3 is 2.33 bits per heavy atom. The van der Waals surface area contributed by atoms with Crippen LogP contribution in [-0.2, 0) is 6.61 Å². The second-order valence-corrected chi connectivity index (χ2v) is 4.48. The third-order valence-electron chi connectivity index (χ3n) is 2.45. The molecule has 18 heavy (non-hydrogen) atoms. The van der Waals surface area contributed by atoms with Gasteiger partial charge in [0.1, 0.15) is 12.4 Å². The third-order valence-corrected chi connectivity index (χ3v) is 3.23. The molecule has 0 amide bonds. The van der Waals surface area contributed by atoms with E-state index in [4.69, 9.17) is 4.74 Å². The monoisotopic (exact) mass is 266 g/mol. The lowest BCUT2D eigenvalue weighted by atomic mass is 10.2. The lowest BCUT2D eigenvalue weighted by molar-refractivity contribution is 0.279. The van der Waals surface area contributed by atoms with Crippen molar-refractivity contribution in [2.75, 3.05) is 6.26 Å². The minimum absolute atomic E-state index is 0.0219. The summed E-state index contributed by atoms with van der Waals surface area (Å²) in [6, 6.07) is 11.6. The van der Waals surface area contributed by atoms with E-state index in [9.17, 15) is 8.78 Å². The Morgan fingerprint density at radius 2 is 1.67 bits per heavy atom. The van der Waals surface area contributed by atoms with E-state index in [1.165, 1.54) is 0 Å². The summed E-state index contributed by atoms with van der Waals surface area (Å²) in [7, 11) is 0. The Labute approximate surface area is 109 Å². The van der Waals surface area contributed by atoms with Crippen LogP contribution in [0.25, 0.3) is 0 Å². The first kappa shape index (κ1) is 12.9. The van der Waals surface area contributed by atoms with Crippen LogP contribution < -0.4 is 4.74 Å². The zero-order valence-electron chi connectivity index (χ0n) is 9.82. The van der Waals surface area contributed by atoms with Gasteiger partial charge in [-0.3, -0.25) is 0 Å². The van der Waals surface area contributed by atoms with Crippen LogP contribution in [0.1, 0.15) is 5.56 Å². The zero-order chi connectivity index (χ0) is 13.0. The highest BCUT2D eigenvalue weighted by Crippen LogP contribution is 2.33. The second kappa shape index (κ2) is 5.87. The first-order chi connectivity index (χ1) is 8.72. The Kier molecular flexibility index (Phi) is 4.20. The summed E-state index contributed by atoms with van der Waals surface area (Å²) in [5.74, 6) is -1.03. The fourth-order valence-corrected chi connectivity index (χ4v) is 2.17. The molecule has 0 aliphatic rings. The molecule has 0 heterocycles. The van der Waals surface area contributed by atoms with Gasteiger partial charge < -0.3 is 4.74 Å². The van der Waals surface area contributed by atoms with Crippen molar-refractivity contribution in [1.29, 1.82) is 0 Å². The molecule has 0 N–H and O–H groups in total. The molecule has 0 saturated heterocycles. The van der Waals surface area contributed by atoms with Gasteiger partial charge in [-0.1, -0.05) is 30.3 Å². The predicted molar refractivity (Wildman–Crippen MR) is 68.9 cm³/mol. The molecule has 0 atom stereocenters. The number of halogens is 2. The van der Waals surface area contributed by atoms with Gasteiger partial charge in [-0.05, 0) is 24.0 Å². The molecule has 94 valence electrons. The van der Waals surface area contributed by atoms with Crippen LogP contribution in [0, 0.1) is 11.6 Å². The largest absolute Gasteiger partial charge is 0.485 e. The number of hydrogen-bond donors (Lipinski definition) is 0. The Balaban J connectivity index is 2.21. The van der Waals surface area contributed by atoms with Gasteiger partial charge in [0.25, 0.3) is 0 Å². The average Bonchev–Trinajstić information content (AvgIpc) is 2.41. The third kappa shape index (κ3) is 2.82. The molecule has 2 aromatic rings. The van der Waals surface area contributed by atoms with E-state index in [-0.39, 0.29) is 17.3 Å². The Bertz CT molecular complexity index is 529. The fourth-order valence-electron chi connectivity index (χ4n) is 1.57. The summed E-state index contributed by atoms with van der Waals surface area (Å²) in [5.41, 5.74) is 0.910. The van der Waals surface area contributed by atoms with Crippen molar-refractivity contribution in [1.82, 2.24) is 0 Å². The average molecular weight is 266 g/mol. The second-order valence-electron chi connectivity index (χ2n) is 3.67. The molecule has 0 spiro atoms. The molecule has 0 aliphatic carbocycles. The van der Waals surface area contributed by atoms with E-state index in [1.54, 1.807) is 6.26 Å². The van der Waals surface area contributed by atoms with Crippen molar-refractivity contribution < 1.29 is 13.5 Å². The minimum atomic E-state index is -0.545. The molecule has 0 saturated carbocycles. The molecular formula is C14H12F2OS. The normalized spacial score (nSPS) is 10.4. The van der Waals surface area contributed by atoms with E-state index in [1.807, 2.05) is 30.3 Å². The summed E-state index contributed by atoms with van der Waals surface area (Å²) in [6.07, 6.45) is 1.69. The van der Waals surface area contributed by atoms with Crippen molar-refractivity contribution in [2.45, 2.75) is 11.5 Å². The minimum Gasteiger partial charge on any atom is -0.485 e. The van der Waals surface area contributed by atoms with Crippen LogP contribution in [0.4, 0.5) is 8.78 Å². The van der Waals surface area contributed by atoms with Gasteiger partial charge in [-0.2, -0.15) is 0 Å². The molecule has 2 rings (SSSR count). The topological polar surface area (TPSA) is 9.23 Å². The van der Waals surface area contributed by atoms with Gasteiger partial charge >= 0.3 is 0 Å². The van der Waals surface area contributed by atoms with E-state index in [2.05, 4.69) is 0 Å². The number of benzene rings is 2. The SMILES string of the molecule is CSc1c(F)ccc(F)c1OCc1ccccc1. The smallest absolute Gasteiger partial charge is 0.171 e. The van der Waals surface area contributed by atoms with E-state index in [0.717, 1.165) is 29.5 Å². The number of thioether (sulfide) groups is 1. The van der Waals surface area contributed by atoms with E-state index >= 15 is 0 Å². The van der Waals surface area contributed by atoms with Crippen LogP contribution in [-0.4, -0.2) is 6.26 Å². The van der Waals surface area contributed by atoms with Crippen molar-refractivity contribution in [2.24, 2.45) is 0 Å². The standard InChI is InChI=1S/C14H12F2OS/c1-18-14-12(16)8-7-11(15)13(14)17-9-10-5-3-2-4-6-10/h2-8H,9H2,1H3. The highest BCUT2D eigenvalue weighted by molar-refractivity contribution is 7.98. The van der Waals surface area contributed by atoms with Gasteiger partial charge in [0.2, 0.25) is 0 Å². The van der Waals surface area contributed by atoms with Crippen molar-refractivity contribution in [3.8, 4) is 5.75 Å². The molecule has 0 aliphatic heterocycles. The highest BCUT2D eigenvalue weighted by atomic mass is 32.2. The maximum Gasteiger partial charge on any atom is 0.171 e. The van der Waals surface area contributed by atoms with Crippen LogP contribution in [0.3, 0.4) is 0 Å². The molecule has 4 heteroatoms. The van der Waals surface area contributed by atoms with Crippen molar-refractivity contribution in [3.05, 3.63) is 59.7 Å². The molecule has 0 radical (unpaired) electrons. The van der Waals surface area contributed by atoms with Gasteiger partial charge in [0, 0.05) is 0 Å². The maximum absolute atomic E-state index is 13.6. The summed E-state index contributed by atoms with van der Waals surface area (Å²) < 4.78 is 32.5. The summed E-state index contributed by atoms with van der Waals surface area (Å²) in [5, 5.41) is 0. The van der Waals surface area contributed by atoms with E-state index in [0.29, 0.717) is 0 Å². The van der Waals surface area contributed by atoms with Crippen LogP contribution in [0.2, 0.25) is 0 Å². The molecule has 0 bridgehead atoms. The van der Waals surface area contributed by atoms with Gasteiger partial charge in [-0.15, -0.1) is 11.8 Å². The quantitative estimate of drug-likeness (QED) is 0.764. The summed E-state index contributed by atoms with van der Waals surface area (Å²) in [4.78, 5) is 0.200. The number of rotatable bonds is 4. The first-order valence-electron chi connectivity index (χ1n) is 5.41. The van der Waals surface area contributed by atoms with E-state index < -0.39 is 11.6 Å². The molecule has 0 aromatic heterocycles. The molecular weight excluding hydrogens is 254 g/mol. The predicted octanol–water partition coefficient (Wildman–Crippen LogP) is 4.27. The molecule has 2 aromatic carbocycles. The molecule has 0 fully saturated rings. The number of ether oxygens (including phenoxy) is 1. The fraction of sp³-hybridized carbons (Fsp3) is 0.143. The van der Waals surface area contributed by atoms with Gasteiger partial charge in [0.05, 0.1) is 4.90 Å². The van der Waals surface area contributed by atoms with Crippen LogP contribution in [0.15, 0.2) is 47.4 Å². The lowest BCUT2D eigenvalue weighted by Crippen LogP contribution is -2.00. The highest BCUT2D eigenvalue weighted by Gasteiger charge is 2.14. The Morgan fingerprint density at radius 1 is 1.00 bits per heavy atom. The van der Waals surface area contributed by atoms with Gasteiger partial charge in [0.15, 0.2) is 11.6 Å². The number of hydrogen-bond acceptors (Lipinski definition) is 2. The van der Waals surface area contributed by atoms with Crippen LogP contribution >= 0.6 is 11.8 Å². The summed E-state index contributed by atoms with van der Waals surface area (Å²) >= 11 is 1.13. The lowest BCUT2D eigenvalue weighted by Gasteiger charge is -2.11. The van der Waals surface area contributed by atoms with Crippen molar-refractivity contribution >= 4 is 11.8 Å². The van der Waals surface area contributed by atoms with Gasteiger partial charge in [-0.25, -0.2) is 8.78 Å². The maximum atomic E-state index is 13.6. The zero-order valence-corrected chi connectivity index (χ0v) is 10.6. The summed E-state index contributed by atoms with van der Waals surface area (Å²) in [6.45, 7) is 0.217. The molecule has 0 unspecified atom stereocenters. The Hall–Kier alpha value is -1.55. The first-order valence-corrected chi connectivity index (χ1v) is 6.63.